The number of thioether (sulfide) groups is 1. The Morgan fingerprint density at radius 2 is 1.54 bits per heavy atom. The van der Waals surface area contributed by atoms with Crippen LogP contribution >= 0.6 is 23.4 Å². The summed E-state index contributed by atoms with van der Waals surface area (Å²) < 4.78 is 0. The molecule has 0 bridgehead atoms. The molecule has 0 radical (unpaired) electrons. The Balaban J connectivity index is 1.85. The number of hydrogen-bond acceptors (Lipinski definition) is 3. The molecule has 0 heterocycles. The minimum atomic E-state index is -0.615. The first-order valence-corrected chi connectivity index (χ1v) is 13.4. The van der Waals surface area contributed by atoms with E-state index < -0.39 is 6.04 Å². The first-order chi connectivity index (χ1) is 17.0. The molecule has 0 aromatic heterocycles. The van der Waals surface area contributed by atoms with E-state index in [1.165, 1.54) is 0 Å². The van der Waals surface area contributed by atoms with E-state index >= 15 is 0 Å². The number of carbonyl (C=O) groups excluding carboxylic acids is 2. The Morgan fingerprint density at radius 1 is 0.914 bits per heavy atom. The lowest BCUT2D eigenvalue weighted by molar-refractivity contribution is -0.141. The van der Waals surface area contributed by atoms with Crippen molar-refractivity contribution >= 4 is 35.2 Å². The lowest BCUT2D eigenvalue weighted by Crippen LogP contribution is -2.52. The summed E-state index contributed by atoms with van der Waals surface area (Å²) in [5.41, 5.74) is 1.96. The second-order valence-corrected chi connectivity index (χ2v) is 10.2. The number of benzene rings is 3. The van der Waals surface area contributed by atoms with Gasteiger partial charge in [-0.25, -0.2) is 0 Å². The summed E-state index contributed by atoms with van der Waals surface area (Å²) in [5, 5.41) is 3.74. The molecule has 0 saturated carbocycles. The van der Waals surface area contributed by atoms with Gasteiger partial charge >= 0.3 is 0 Å². The summed E-state index contributed by atoms with van der Waals surface area (Å²) >= 11 is 7.73. The fourth-order valence-corrected chi connectivity index (χ4v) is 4.69. The van der Waals surface area contributed by atoms with Gasteiger partial charge in [-0.3, -0.25) is 9.59 Å². The molecule has 0 aliphatic heterocycles. The second kappa shape index (κ2) is 14.0. The molecule has 2 atom stereocenters. The number of carbonyl (C=O) groups is 2. The van der Waals surface area contributed by atoms with Crippen LogP contribution in [0.4, 0.5) is 0 Å². The zero-order valence-corrected chi connectivity index (χ0v) is 21.9. The fourth-order valence-electron chi connectivity index (χ4n) is 3.70. The van der Waals surface area contributed by atoms with Gasteiger partial charge in [-0.15, -0.1) is 11.8 Å². The standard InChI is InChI=1S/C29H33ClN2O2S/c1-3-22(2)31-29(34)27(20-23-10-6-4-7-11-23)32(21-24-14-16-25(30)17-15-24)28(33)18-19-35-26-12-8-5-9-13-26/h4-17,22,27H,3,18-21H2,1-2H3,(H,31,34)/t22-,27-/m1/s1. The van der Waals surface area contributed by atoms with Crippen LogP contribution in [-0.2, 0) is 22.6 Å². The molecule has 3 aromatic carbocycles. The number of hydrogen-bond donors (Lipinski definition) is 1. The smallest absolute Gasteiger partial charge is 0.243 e. The van der Waals surface area contributed by atoms with Crippen LogP contribution in [0.15, 0.2) is 89.8 Å². The zero-order chi connectivity index (χ0) is 25.0. The zero-order valence-electron chi connectivity index (χ0n) is 20.3. The molecule has 0 saturated heterocycles. The predicted molar refractivity (Wildman–Crippen MR) is 146 cm³/mol. The van der Waals surface area contributed by atoms with Gasteiger partial charge in [0, 0.05) is 41.1 Å². The van der Waals surface area contributed by atoms with Crippen molar-refractivity contribution < 1.29 is 9.59 Å². The summed E-state index contributed by atoms with van der Waals surface area (Å²) in [6, 6.07) is 26.8. The Labute approximate surface area is 218 Å². The molecule has 0 spiro atoms. The van der Waals surface area contributed by atoms with Crippen molar-refractivity contribution in [3.05, 3.63) is 101 Å². The highest BCUT2D eigenvalue weighted by Gasteiger charge is 2.30. The summed E-state index contributed by atoms with van der Waals surface area (Å²) in [6.07, 6.45) is 1.62. The van der Waals surface area contributed by atoms with Crippen LogP contribution in [-0.4, -0.2) is 34.6 Å². The van der Waals surface area contributed by atoms with Gasteiger partial charge in [-0.2, -0.15) is 0 Å². The van der Waals surface area contributed by atoms with Gasteiger partial charge in [0.05, 0.1) is 0 Å². The molecule has 0 fully saturated rings. The minimum Gasteiger partial charge on any atom is -0.352 e. The summed E-state index contributed by atoms with van der Waals surface area (Å²) in [6.45, 7) is 4.37. The number of amides is 2. The normalized spacial score (nSPS) is 12.5. The van der Waals surface area contributed by atoms with Crippen molar-refractivity contribution in [3.8, 4) is 0 Å². The van der Waals surface area contributed by atoms with Crippen molar-refractivity contribution in [1.29, 1.82) is 0 Å². The van der Waals surface area contributed by atoms with E-state index in [0.29, 0.717) is 30.2 Å². The van der Waals surface area contributed by atoms with E-state index in [4.69, 9.17) is 11.6 Å². The van der Waals surface area contributed by atoms with Gasteiger partial charge in [-0.1, -0.05) is 79.2 Å². The maximum Gasteiger partial charge on any atom is 0.243 e. The molecule has 0 aliphatic carbocycles. The highest BCUT2D eigenvalue weighted by molar-refractivity contribution is 7.99. The highest BCUT2D eigenvalue weighted by Crippen LogP contribution is 2.21. The fraction of sp³-hybridized carbons (Fsp3) is 0.310. The molecular weight excluding hydrogens is 476 g/mol. The predicted octanol–water partition coefficient (Wildman–Crippen LogP) is 6.38. The average molecular weight is 509 g/mol. The third kappa shape index (κ3) is 8.75. The quantitative estimate of drug-likeness (QED) is 0.289. The van der Waals surface area contributed by atoms with Crippen molar-refractivity contribution in [1.82, 2.24) is 10.2 Å². The maximum atomic E-state index is 13.6. The summed E-state index contributed by atoms with van der Waals surface area (Å²) in [7, 11) is 0. The van der Waals surface area contributed by atoms with Crippen molar-refractivity contribution in [2.75, 3.05) is 5.75 Å². The monoisotopic (exact) mass is 508 g/mol. The Morgan fingerprint density at radius 3 is 2.17 bits per heavy atom. The van der Waals surface area contributed by atoms with Gasteiger partial charge in [0.15, 0.2) is 0 Å². The van der Waals surface area contributed by atoms with Gasteiger partial charge < -0.3 is 10.2 Å². The third-order valence-electron chi connectivity index (χ3n) is 5.87. The summed E-state index contributed by atoms with van der Waals surface area (Å²) in [5.74, 6) is 0.482. The van der Waals surface area contributed by atoms with Gasteiger partial charge in [0.25, 0.3) is 0 Å². The summed E-state index contributed by atoms with van der Waals surface area (Å²) in [4.78, 5) is 29.9. The van der Waals surface area contributed by atoms with E-state index in [0.717, 1.165) is 22.4 Å². The number of nitrogens with zero attached hydrogens (tertiary/aromatic N) is 1. The molecule has 6 heteroatoms. The van der Waals surface area contributed by atoms with Crippen molar-refractivity contribution in [2.45, 2.75) is 56.6 Å². The molecule has 4 nitrogen and oxygen atoms in total. The lowest BCUT2D eigenvalue weighted by Gasteiger charge is -2.32. The lowest BCUT2D eigenvalue weighted by atomic mass is 10.0. The van der Waals surface area contributed by atoms with Gasteiger partial charge in [0.2, 0.25) is 11.8 Å². The molecule has 3 rings (SSSR count). The largest absolute Gasteiger partial charge is 0.352 e. The molecule has 0 unspecified atom stereocenters. The van der Waals surface area contributed by atoms with Crippen LogP contribution in [0, 0.1) is 0 Å². The minimum absolute atomic E-state index is 0.0295. The van der Waals surface area contributed by atoms with E-state index in [2.05, 4.69) is 5.32 Å². The topological polar surface area (TPSA) is 49.4 Å². The first-order valence-electron chi connectivity index (χ1n) is 12.0. The van der Waals surface area contributed by atoms with E-state index in [1.54, 1.807) is 16.7 Å². The number of rotatable bonds is 12. The Kier molecular flexibility index (Phi) is 10.7. The maximum absolute atomic E-state index is 13.6. The first kappa shape index (κ1) is 26.8. The number of nitrogens with one attached hydrogen (secondary N) is 1. The number of halogens is 1. The third-order valence-corrected chi connectivity index (χ3v) is 7.13. The van der Waals surface area contributed by atoms with Crippen LogP contribution in [0.25, 0.3) is 0 Å². The van der Waals surface area contributed by atoms with Crippen LogP contribution in [0.5, 0.6) is 0 Å². The van der Waals surface area contributed by atoms with E-state index in [1.807, 2.05) is 98.8 Å². The molecule has 3 aromatic rings. The SMILES string of the molecule is CC[C@@H](C)NC(=O)[C@@H](Cc1ccccc1)N(Cc1ccc(Cl)cc1)C(=O)CCSc1ccccc1. The van der Waals surface area contributed by atoms with Crippen LogP contribution in [0.2, 0.25) is 5.02 Å². The molecule has 2 amide bonds. The van der Waals surface area contributed by atoms with Crippen LogP contribution in [0.3, 0.4) is 0 Å². The second-order valence-electron chi connectivity index (χ2n) is 8.58. The average Bonchev–Trinajstić information content (AvgIpc) is 2.88. The van der Waals surface area contributed by atoms with Crippen LogP contribution < -0.4 is 5.32 Å². The van der Waals surface area contributed by atoms with E-state index in [9.17, 15) is 9.59 Å². The highest BCUT2D eigenvalue weighted by atomic mass is 35.5. The molecule has 184 valence electrons. The molecule has 35 heavy (non-hydrogen) atoms. The van der Waals surface area contributed by atoms with Crippen LogP contribution in [0.1, 0.15) is 37.8 Å². The van der Waals surface area contributed by atoms with Gasteiger partial charge in [-0.05, 0) is 48.7 Å². The molecule has 0 aliphatic rings. The van der Waals surface area contributed by atoms with Crippen molar-refractivity contribution in [2.24, 2.45) is 0 Å². The van der Waals surface area contributed by atoms with E-state index in [-0.39, 0.29) is 17.9 Å². The molecular formula is C29H33ClN2O2S. The Bertz CT molecular complexity index is 1060. The Hall–Kier alpha value is -2.76. The van der Waals surface area contributed by atoms with Gasteiger partial charge in [0.1, 0.15) is 6.04 Å². The van der Waals surface area contributed by atoms with Crippen molar-refractivity contribution in [3.63, 3.8) is 0 Å². The molecule has 1 N–H and O–H groups in total.